The van der Waals surface area contributed by atoms with E-state index in [9.17, 15) is 12.8 Å². The van der Waals surface area contributed by atoms with Gasteiger partial charge in [0.1, 0.15) is 0 Å². The van der Waals surface area contributed by atoms with Gasteiger partial charge in [0.25, 0.3) is 0 Å². The fourth-order valence-corrected chi connectivity index (χ4v) is 3.51. The maximum Gasteiger partial charge on any atom is 0.216 e. The lowest BCUT2D eigenvalue weighted by Gasteiger charge is -2.10. The number of hydrogen-bond acceptors (Lipinski definition) is 4. The molecule has 23 heavy (non-hydrogen) atoms. The Labute approximate surface area is 136 Å². The van der Waals surface area contributed by atoms with Crippen molar-refractivity contribution in [2.24, 2.45) is 0 Å². The normalized spacial score (nSPS) is 11.7. The minimum atomic E-state index is -3.33. The molecule has 0 atom stereocenters. The van der Waals surface area contributed by atoms with Crippen LogP contribution in [0, 0.1) is 5.82 Å². The molecule has 124 valence electrons. The predicted octanol–water partition coefficient (Wildman–Crippen LogP) is 2.66. The summed E-state index contributed by atoms with van der Waals surface area (Å²) in [6.07, 6.45) is 1.51. The zero-order chi connectivity index (χ0) is 16.9. The molecule has 1 heterocycles. The van der Waals surface area contributed by atoms with Gasteiger partial charge in [-0.15, -0.1) is 0 Å². The lowest BCUT2D eigenvalue weighted by atomic mass is 10.1. The summed E-state index contributed by atoms with van der Waals surface area (Å²) >= 11 is 0. The third kappa shape index (κ3) is 5.61. The second-order valence-electron chi connectivity index (χ2n) is 5.54. The maximum atomic E-state index is 13.4. The molecule has 0 spiro atoms. The predicted molar refractivity (Wildman–Crippen MR) is 88.9 cm³/mol. The molecule has 0 saturated heterocycles. The fourth-order valence-electron chi connectivity index (χ4n) is 2.08. The molecule has 2 aromatic rings. The van der Waals surface area contributed by atoms with E-state index in [2.05, 4.69) is 15.0 Å². The van der Waals surface area contributed by atoms with Crippen molar-refractivity contribution < 1.29 is 12.8 Å². The van der Waals surface area contributed by atoms with Crippen molar-refractivity contribution in [1.29, 1.82) is 0 Å². The van der Waals surface area contributed by atoms with Gasteiger partial charge in [0.05, 0.1) is 5.75 Å². The molecule has 0 fully saturated rings. The van der Waals surface area contributed by atoms with E-state index in [1.54, 1.807) is 26.0 Å². The monoisotopic (exact) mass is 337 g/mol. The second kappa shape index (κ2) is 7.52. The average molecular weight is 337 g/mol. The molecule has 0 bridgehead atoms. The zero-order valence-corrected chi connectivity index (χ0v) is 13.9. The summed E-state index contributed by atoms with van der Waals surface area (Å²) in [5.74, 6) is -0.274. The summed E-state index contributed by atoms with van der Waals surface area (Å²) in [6.45, 7) is 3.97. The molecule has 1 aromatic heterocycles. The number of hydrogen-bond donors (Lipinski definition) is 2. The van der Waals surface area contributed by atoms with E-state index >= 15 is 0 Å². The molecule has 0 aliphatic carbocycles. The lowest BCUT2D eigenvalue weighted by molar-refractivity contribution is 0.569. The van der Waals surface area contributed by atoms with Crippen molar-refractivity contribution in [2.75, 3.05) is 5.32 Å². The van der Waals surface area contributed by atoms with Crippen molar-refractivity contribution in [3.05, 3.63) is 59.5 Å². The van der Waals surface area contributed by atoms with Crippen LogP contribution in [0.5, 0.6) is 0 Å². The minimum Gasteiger partial charge on any atom is -0.364 e. The Bertz CT molecular complexity index is 746. The Kier molecular flexibility index (Phi) is 5.68. The van der Waals surface area contributed by atoms with E-state index in [1.165, 1.54) is 18.3 Å². The summed E-state index contributed by atoms with van der Waals surface area (Å²) in [5, 5.41) is 2.91. The Morgan fingerprint density at radius 2 is 1.78 bits per heavy atom. The molecule has 0 unspecified atom stereocenters. The molecule has 0 amide bonds. The first-order valence-electron chi connectivity index (χ1n) is 7.28. The molecular formula is C16H20FN3O2S. The largest absolute Gasteiger partial charge is 0.364 e. The standard InChI is InChI=1S/C16H20FN3O2S/c1-12(2)20-23(21,22)11-14-7-5-13(6-8-14)10-19-16-15(17)4-3-9-18-16/h3-9,12,20H,10-11H2,1-2H3,(H,18,19). The fraction of sp³-hybridized carbons (Fsp3) is 0.312. The van der Waals surface area contributed by atoms with E-state index in [0.717, 1.165) is 5.56 Å². The summed E-state index contributed by atoms with van der Waals surface area (Å²) in [7, 11) is -3.33. The number of halogens is 1. The third-order valence-electron chi connectivity index (χ3n) is 3.01. The highest BCUT2D eigenvalue weighted by Crippen LogP contribution is 2.12. The number of sulfonamides is 1. The maximum absolute atomic E-state index is 13.4. The molecule has 0 radical (unpaired) electrons. The Morgan fingerprint density at radius 1 is 1.13 bits per heavy atom. The minimum absolute atomic E-state index is 0.0617. The van der Waals surface area contributed by atoms with Crippen molar-refractivity contribution in [2.45, 2.75) is 32.2 Å². The van der Waals surface area contributed by atoms with Gasteiger partial charge in [0.2, 0.25) is 10.0 Å². The summed E-state index contributed by atoms with van der Waals surface area (Å²) < 4.78 is 39.7. The van der Waals surface area contributed by atoms with Gasteiger partial charge in [0.15, 0.2) is 11.6 Å². The Morgan fingerprint density at radius 3 is 2.39 bits per heavy atom. The van der Waals surface area contributed by atoms with Crippen LogP contribution in [0.15, 0.2) is 42.6 Å². The lowest BCUT2D eigenvalue weighted by Crippen LogP contribution is -2.31. The smallest absolute Gasteiger partial charge is 0.216 e. The number of nitrogens with zero attached hydrogens (tertiary/aromatic N) is 1. The first-order valence-corrected chi connectivity index (χ1v) is 8.93. The summed E-state index contributed by atoms with van der Waals surface area (Å²) in [5.41, 5.74) is 1.61. The van der Waals surface area contributed by atoms with E-state index < -0.39 is 15.8 Å². The van der Waals surface area contributed by atoms with Gasteiger partial charge in [-0.25, -0.2) is 22.5 Å². The van der Waals surface area contributed by atoms with E-state index in [1.807, 2.05) is 12.1 Å². The Hall–Kier alpha value is -1.99. The van der Waals surface area contributed by atoms with E-state index in [0.29, 0.717) is 12.1 Å². The van der Waals surface area contributed by atoms with Gasteiger partial charge < -0.3 is 5.32 Å². The molecule has 5 nitrogen and oxygen atoms in total. The second-order valence-corrected chi connectivity index (χ2v) is 7.29. The van der Waals surface area contributed by atoms with Gasteiger partial charge >= 0.3 is 0 Å². The van der Waals surface area contributed by atoms with Crippen LogP contribution in [0.2, 0.25) is 0 Å². The van der Waals surface area contributed by atoms with Crippen LogP contribution < -0.4 is 10.0 Å². The average Bonchev–Trinajstić information content (AvgIpc) is 2.46. The van der Waals surface area contributed by atoms with Crippen LogP contribution in [-0.4, -0.2) is 19.4 Å². The van der Waals surface area contributed by atoms with Crippen LogP contribution in [-0.2, 0) is 22.3 Å². The molecule has 0 aliphatic heterocycles. The number of nitrogens with one attached hydrogen (secondary N) is 2. The quantitative estimate of drug-likeness (QED) is 0.815. The van der Waals surface area contributed by atoms with Crippen molar-refractivity contribution in [1.82, 2.24) is 9.71 Å². The van der Waals surface area contributed by atoms with Gasteiger partial charge in [-0.1, -0.05) is 24.3 Å². The number of anilines is 1. The summed E-state index contributed by atoms with van der Waals surface area (Å²) in [6, 6.07) is 9.88. The first-order chi connectivity index (χ1) is 10.9. The van der Waals surface area contributed by atoms with Crippen molar-refractivity contribution in [3.63, 3.8) is 0 Å². The van der Waals surface area contributed by atoms with Crippen LogP contribution >= 0.6 is 0 Å². The molecule has 0 aliphatic rings. The van der Waals surface area contributed by atoms with Gasteiger partial charge in [0, 0.05) is 18.8 Å². The topological polar surface area (TPSA) is 71.1 Å². The van der Waals surface area contributed by atoms with Gasteiger partial charge in [-0.2, -0.15) is 0 Å². The van der Waals surface area contributed by atoms with Gasteiger partial charge in [-0.05, 0) is 37.1 Å². The van der Waals surface area contributed by atoms with Crippen molar-refractivity contribution in [3.8, 4) is 0 Å². The van der Waals surface area contributed by atoms with E-state index in [4.69, 9.17) is 0 Å². The first kappa shape index (κ1) is 17.4. The van der Waals surface area contributed by atoms with E-state index in [-0.39, 0.29) is 17.6 Å². The number of aromatic nitrogens is 1. The third-order valence-corrected chi connectivity index (χ3v) is 4.56. The number of rotatable bonds is 7. The SMILES string of the molecule is CC(C)NS(=O)(=O)Cc1ccc(CNc2ncccc2F)cc1. The van der Waals surface area contributed by atoms with Gasteiger partial charge in [-0.3, -0.25) is 0 Å². The highest BCUT2D eigenvalue weighted by molar-refractivity contribution is 7.88. The zero-order valence-electron chi connectivity index (χ0n) is 13.1. The highest BCUT2D eigenvalue weighted by atomic mass is 32.2. The molecule has 2 N–H and O–H groups in total. The van der Waals surface area contributed by atoms with Crippen LogP contribution in [0.3, 0.4) is 0 Å². The molecule has 2 rings (SSSR count). The molecule has 1 aromatic carbocycles. The highest BCUT2D eigenvalue weighted by Gasteiger charge is 2.12. The number of pyridine rings is 1. The Balaban J connectivity index is 1.96. The van der Waals surface area contributed by atoms with Crippen LogP contribution in [0.4, 0.5) is 10.2 Å². The summed E-state index contributed by atoms with van der Waals surface area (Å²) in [4.78, 5) is 3.91. The number of benzene rings is 1. The van der Waals surface area contributed by atoms with Crippen LogP contribution in [0.25, 0.3) is 0 Å². The molecular weight excluding hydrogens is 317 g/mol. The molecule has 0 saturated carbocycles. The van der Waals surface area contributed by atoms with Crippen molar-refractivity contribution >= 4 is 15.8 Å². The van der Waals surface area contributed by atoms with Crippen LogP contribution in [0.1, 0.15) is 25.0 Å². The molecule has 7 heteroatoms.